The van der Waals surface area contributed by atoms with Gasteiger partial charge in [0, 0.05) is 76.3 Å². The van der Waals surface area contributed by atoms with Crippen molar-refractivity contribution in [1.29, 1.82) is 0 Å². The molecular weight excluding hydrogens is 987 g/mol. The topological polar surface area (TPSA) is 392 Å². The van der Waals surface area contributed by atoms with E-state index in [1.807, 2.05) is 4.90 Å². The number of aromatic nitrogens is 9. The summed E-state index contributed by atoms with van der Waals surface area (Å²) >= 11 is 3.80. The predicted molar refractivity (Wildman–Crippen MR) is 246 cm³/mol. The molecule has 31 heteroatoms. The first-order chi connectivity index (χ1) is 33.5. The molecule has 3 aromatic heterocycles. The highest BCUT2D eigenvalue weighted by Gasteiger charge is 2.47. The average molecular weight is 1050 g/mol. The zero-order valence-electron chi connectivity index (χ0n) is 38.5. The van der Waals surface area contributed by atoms with E-state index >= 15 is 0 Å². The number of hydrogen-bond acceptors (Lipinski definition) is 25. The Labute approximate surface area is 414 Å². The van der Waals surface area contributed by atoms with E-state index in [1.54, 1.807) is 32.6 Å². The van der Waals surface area contributed by atoms with Crippen LogP contribution in [0.25, 0.3) is 0 Å². The van der Waals surface area contributed by atoms with E-state index in [4.69, 9.17) is 14.2 Å². The van der Waals surface area contributed by atoms with Crippen LogP contribution in [-0.4, -0.2) is 240 Å². The highest BCUT2D eigenvalue weighted by Crippen LogP contribution is 2.31. The van der Waals surface area contributed by atoms with Crippen molar-refractivity contribution in [2.45, 2.75) is 149 Å². The minimum absolute atomic E-state index is 0.269. The Balaban J connectivity index is 1.10. The molecular formula is C39H63N13O15S3. The highest BCUT2D eigenvalue weighted by atomic mass is 32.2. The van der Waals surface area contributed by atoms with E-state index in [2.05, 4.69) is 46.9 Å². The van der Waals surface area contributed by atoms with Gasteiger partial charge in [0.1, 0.15) is 71.2 Å². The number of carbonyl (C=O) groups is 3. The first kappa shape index (κ1) is 55.7. The fourth-order valence-electron chi connectivity index (χ4n) is 8.04. The fraction of sp³-hybridized carbons (Fsp3) is 0.769. The lowest BCUT2D eigenvalue weighted by atomic mass is 9.98. The summed E-state index contributed by atoms with van der Waals surface area (Å²) in [4.78, 5) is 37.6. The molecule has 0 saturated carbocycles. The molecule has 6 heterocycles. The second kappa shape index (κ2) is 26.4. The van der Waals surface area contributed by atoms with Crippen molar-refractivity contribution < 1.29 is 74.6 Å². The monoisotopic (exact) mass is 1050 g/mol. The number of nitrogens with one attached hydrogen (secondary N) is 3. The van der Waals surface area contributed by atoms with Crippen LogP contribution in [0.15, 0.2) is 18.6 Å². The summed E-state index contributed by atoms with van der Waals surface area (Å²) in [6.07, 6.45) is -6.13. The second-order valence-corrected chi connectivity index (χ2v) is 20.6. The lowest BCUT2D eigenvalue weighted by Crippen LogP contribution is -2.63. The van der Waals surface area contributed by atoms with Gasteiger partial charge in [-0.25, -0.2) is 0 Å². The molecule has 0 radical (unpaired) electrons. The van der Waals surface area contributed by atoms with Gasteiger partial charge in [-0.05, 0) is 0 Å². The first-order valence-electron chi connectivity index (χ1n) is 22.4. The highest BCUT2D eigenvalue weighted by molar-refractivity contribution is 8.00. The number of rotatable bonds is 24. The van der Waals surface area contributed by atoms with Crippen molar-refractivity contribution in [1.82, 2.24) is 65.8 Å². The summed E-state index contributed by atoms with van der Waals surface area (Å²) in [5, 5.41) is 126. The number of aliphatic hydroxyl groups is 9. The molecule has 3 aromatic rings. The SMILES string of the molecule is CC(=O)N[C@@H]1[C@@H](O)[C@H](O)[C@@H](CO)O[C@@H]1SCCn1cc(CN(Cc2cn(CCS[C@H]3O[C@H](CO)[C@@H](O)[C@H](O)[C@H]3NC(C)=O)nn2)Cc2cn(CCS[C@H]3O[C@H](CO)[C@@H](O)[C@H](O)[C@H]3NC(C)=O)nn2)nn1. The van der Waals surface area contributed by atoms with Crippen LogP contribution in [0.3, 0.4) is 0 Å². The van der Waals surface area contributed by atoms with Crippen LogP contribution in [0.4, 0.5) is 0 Å². The third kappa shape index (κ3) is 15.0. The van der Waals surface area contributed by atoms with Gasteiger partial charge in [-0.2, -0.15) is 0 Å². The maximum Gasteiger partial charge on any atom is 0.217 e. The van der Waals surface area contributed by atoms with Gasteiger partial charge in [0.05, 0.1) is 74.7 Å². The van der Waals surface area contributed by atoms with Gasteiger partial charge in [0.2, 0.25) is 17.7 Å². The number of ether oxygens (including phenoxy) is 3. The Morgan fingerprint density at radius 1 is 0.514 bits per heavy atom. The molecule has 392 valence electrons. The van der Waals surface area contributed by atoms with Crippen molar-refractivity contribution in [3.05, 3.63) is 35.7 Å². The molecule has 3 aliphatic heterocycles. The lowest BCUT2D eigenvalue weighted by molar-refractivity contribution is -0.173. The summed E-state index contributed by atoms with van der Waals surface area (Å²) < 4.78 is 22.3. The van der Waals surface area contributed by atoms with E-state index in [0.29, 0.717) is 54.0 Å². The van der Waals surface area contributed by atoms with E-state index in [1.165, 1.54) is 56.1 Å². The minimum atomic E-state index is -1.40. The van der Waals surface area contributed by atoms with Crippen LogP contribution in [0.2, 0.25) is 0 Å². The van der Waals surface area contributed by atoms with E-state index < -0.39 is 127 Å². The maximum atomic E-state index is 11.9. The molecule has 15 atom stereocenters. The summed E-state index contributed by atoms with van der Waals surface area (Å²) in [5.41, 5.74) is -0.565. The zero-order valence-corrected chi connectivity index (χ0v) is 41.0. The number of thioether (sulfide) groups is 3. The summed E-state index contributed by atoms with van der Waals surface area (Å²) in [6, 6.07) is -2.78. The maximum absolute atomic E-state index is 11.9. The normalized spacial score (nSPS) is 31.4. The molecule has 3 aliphatic rings. The molecule has 3 fully saturated rings. The number of carbonyl (C=O) groups excluding carboxylic acids is 3. The van der Waals surface area contributed by atoms with Crippen LogP contribution < -0.4 is 16.0 Å². The van der Waals surface area contributed by atoms with Gasteiger partial charge in [0.15, 0.2) is 0 Å². The van der Waals surface area contributed by atoms with Crippen molar-refractivity contribution in [2.75, 3.05) is 37.1 Å². The molecule has 3 amide bonds. The Bertz CT molecular complexity index is 1900. The van der Waals surface area contributed by atoms with Crippen molar-refractivity contribution in [3.8, 4) is 0 Å². The standard InChI is InChI=1S/C39H63N13O15S3/c1-19(56)40-28-34(62)31(59)25(16-53)65-37(28)68-7-4-50-13-22(43-46-50)10-49(11-23-14-51(47-44-23)5-8-69-38-29(41-20(2)57)35(63)32(60)26(17-54)66-38)12-24-15-52(48-45-24)6-9-70-39-30(42-21(3)58)36(64)33(61)27(18-55)67-39/h13-15,25-39,53-55,59-64H,4-12,16-18H2,1-3H3,(H,40,56)(H,41,57)(H,42,58)/t25-,26-,27-,28-,29-,30-,31-,32-,33-,34-,35-,36-,37-,38-,39-/m1/s1. The number of nitrogens with zero attached hydrogens (tertiary/aromatic N) is 10. The smallest absolute Gasteiger partial charge is 0.217 e. The van der Waals surface area contributed by atoms with Crippen LogP contribution in [0.1, 0.15) is 37.9 Å². The second-order valence-electron chi connectivity index (χ2n) is 17.0. The van der Waals surface area contributed by atoms with Gasteiger partial charge in [0.25, 0.3) is 0 Å². The molecule has 0 aliphatic carbocycles. The average Bonchev–Trinajstić information content (AvgIpc) is 4.09. The van der Waals surface area contributed by atoms with Crippen LogP contribution >= 0.6 is 35.3 Å². The van der Waals surface area contributed by atoms with Crippen LogP contribution in [0.5, 0.6) is 0 Å². The third-order valence-electron chi connectivity index (χ3n) is 11.5. The molecule has 12 N–H and O–H groups in total. The molecule has 0 bridgehead atoms. The number of amides is 3. The van der Waals surface area contributed by atoms with Crippen LogP contribution in [-0.2, 0) is 67.9 Å². The number of aryl methyl sites for hydroxylation is 3. The molecule has 70 heavy (non-hydrogen) atoms. The molecule has 6 rings (SSSR count). The molecule has 0 aromatic carbocycles. The Morgan fingerprint density at radius 2 is 0.786 bits per heavy atom. The Kier molecular flexibility index (Phi) is 21.0. The van der Waals surface area contributed by atoms with E-state index in [0.717, 1.165) is 0 Å². The minimum Gasteiger partial charge on any atom is -0.394 e. The molecule has 3 saturated heterocycles. The Hall–Kier alpha value is -3.64. The molecule has 28 nitrogen and oxygen atoms in total. The third-order valence-corrected chi connectivity index (χ3v) is 14.9. The predicted octanol–water partition coefficient (Wildman–Crippen LogP) is -6.31. The van der Waals surface area contributed by atoms with E-state index in [-0.39, 0.29) is 19.6 Å². The summed E-state index contributed by atoms with van der Waals surface area (Å²) in [7, 11) is 0. The van der Waals surface area contributed by atoms with Crippen molar-refractivity contribution in [3.63, 3.8) is 0 Å². The van der Waals surface area contributed by atoms with Gasteiger partial charge in [-0.3, -0.25) is 33.3 Å². The number of hydrogen-bond donors (Lipinski definition) is 12. The lowest BCUT2D eigenvalue weighted by Gasteiger charge is -2.42. The van der Waals surface area contributed by atoms with Gasteiger partial charge in [-0.15, -0.1) is 50.6 Å². The van der Waals surface area contributed by atoms with Crippen LogP contribution in [0, 0.1) is 0 Å². The first-order valence-corrected chi connectivity index (χ1v) is 25.6. The van der Waals surface area contributed by atoms with E-state index in [9.17, 15) is 60.3 Å². The Morgan fingerprint density at radius 3 is 1.03 bits per heavy atom. The van der Waals surface area contributed by atoms with Gasteiger partial charge < -0.3 is 76.1 Å². The molecule has 0 unspecified atom stereocenters. The summed E-state index contributed by atoms with van der Waals surface area (Å²) in [6.45, 7) is 4.12. The van der Waals surface area contributed by atoms with Gasteiger partial charge >= 0.3 is 0 Å². The van der Waals surface area contributed by atoms with Gasteiger partial charge in [-0.1, -0.05) is 15.6 Å². The fourth-order valence-corrected chi connectivity index (χ4v) is 11.6. The summed E-state index contributed by atoms with van der Waals surface area (Å²) in [5.74, 6) is -0.0759. The quantitative estimate of drug-likeness (QED) is 0.0397. The zero-order chi connectivity index (χ0) is 50.6. The molecule has 0 spiro atoms. The van der Waals surface area contributed by atoms with Crippen molar-refractivity contribution >= 4 is 53.0 Å². The number of aliphatic hydroxyl groups excluding tert-OH is 9. The largest absolute Gasteiger partial charge is 0.394 e. The van der Waals surface area contributed by atoms with Crippen molar-refractivity contribution in [2.24, 2.45) is 0 Å².